The van der Waals surface area contributed by atoms with Crippen LogP contribution in [0.25, 0.3) is 0 Å². The largest absolute Gasteiger partial charge is 0.394 e. The standard InChI is InChI=1S/C9H12FN3O5/c10-3-1-13(9(17)12-7(3)16)8-6(15)5(11)4(2-14)18-8/h1,4-6,8,14-15H,2,11H2,(H,12,16,17)/t4-,5-,6-,8-/m1/s1. The van der Waals surface area contributed by atoms with E-state index in [1.807, 2.05) is 0 Å². The third-order valence-corrected chi connectivity index (χ3v) is 2.81. The molecule has 0 saturated carbocycles. The normalized spacial score (nSPS) is 31.8. The van der Waals surface area contributed by atoms with Gasteiger partial charge in [0, 0.05) is 0 Å². The van der Waals surface area contributed by atoms with Crippen molar-refractivity contribution in [3.05, 3.63) is 32.9 Å². The first-order chi connectivity index (χ1) is 8.45. The molecule has 18 heavy (non-hydrogen) atoms. The molecule has 0 aliphatic carbocycles. The van der Waals surface area contributed by atoms with Gasteiger partial charge in [0.25, 0.3) is 5.56 Å². The molecule has 0 spiro atoms. The summed E-state index contributed by atoms with van der Waals surface area (Å²) in [5, 5.41) is 18.7. The molecule has 1 aliphatic rings. The monoisotopic (exact) mass is 261 g/mol. The first-order valence-electron chi connectivity index (χ1n) is 5.16. The van der Waals surface area contributed by atoms with E-state index in [2.05, 4.69) is 0 Å². The van der Waals surface area contributed by atoms with E-state index in [4.69, 9.17) is 15.6 Å². The second-order valence-electron chi connectivity index (χ2n) is 3.96. The van der Waals surface area contributed by atoms with Crippen LogP contribution in [0, 0.1) is 5.82 Å². The molecule has 2 heterocycles. The fraction of sp³-hybridized carbons (Fsp3) is 0.556. The Balaban J connectivity index is 2.42. The van der Waals surface area contributed by atoms with Crippen LogP contribution in [0.3, 0.4) is 0 Å². The number of aromatic nitrogens is 2. The van der Waals surface area contributed by atoms with Gasteiger partial charge < -0.3 is 20.7 Å². The second kappa shape index (κ2) is 4.61. The topological polar surface area (TPSA) is 131 Å². The molecule has 5 N–H and O–H groups in total. The molecule has 1 saturated heterocycles. The van der Waals surface area contributed by atoms with E-state index in [-0.39, 0.29) is 0 Å². The lowest BCUT2D eigenvalue weighted by molar-refractivity contribution is -0.0536. The van der Waals surface area contributed by atoms with Gasteiger partial charge in [-0.3, -0.25) is 14.3 Å². The number of ether oxygens (including phenoxy) is 1. The van der Waals surface area contributed by atoms with Crippen molar-refractivity contribution >= 4 is 0 Å². The summed E-state index contributed by atoms with van der Waals surface area (Å²) in [5.74, 6) is -1.19. The maximum absolute atomic E-state index is 13.1. The molecule has 8 nitrogen and oxygen atoms in total. The summed E-state index contributed by atoms with van der Waals surface area (Å²) >= 11 is 0. The number of halogens is 1. The molecule has 0 unspecified atom stereocenters. The number of nitrogens with two attached hydrogens (primary N) is 1. The Morgan fingerprint density at radius 3 is 2.78 bits per heavy atom. The van der Waals surface area contributed by atoms with Gasteiger partial charge >= 0.3 is 5.69 Å². The number of hydrogen-bond donors (Lipinski definition) is 4. The third kappa shape index (κ3) is 1.97. The Labute approximate surface area is 99.4 Å². The molecule has 0 amide bonds. The Morgan fingerprint density at radius 2 is 2.22 bits per heavy atom. The summed E-state index contributed by atoms with van der Waals surface area (Å²) in [6, 6.07) is -0.915. The van der Waals surface area contributed by atoms with Crippen molar-refractivity contribution in [3.63, 3.8) is 0 Å². The van der Waals surface area contributed by atoms with Crippen LogP contribution in [0.4, 0.5) is 4.39 Å². The molecule has 0 aromatic carbocycles. The van der Waals surface area contributed by atoms with Gasteiger partial charge in [0.2, 0.25) is 5.82 Å². The van der Waals surface area contributed by atoms with E-state index in [0.29, 0.717) is 10.8 Å². The molecule has 1 aliphatic heterocycles. The Bertz CT molecular complexity index is 556. The predicted octanol–water partition coefficient (Wildman–Crippen LogP) is -2.75. The summed E-state index contributed by atoms with van der Waals surface area (Å²) in [7, 11) is 0. The lowest BCUT2D eigenvalue weighted by atomic mass is 10.1. The second-order valence-corrected chi connectivity index (χ2v) is 3.96. The zero-order chi connectivity index (χ0) is 13.4. The van der Waals surface area contributed by atoms with E-state index < -0.39 is 48.2 Å². The maximum Gasteiger partial charge on any atom is 0.330 e. The number of rotatable bonds is 2. The third-order valence-electron chi connectivity index (χ3n) is 2.81. The van der Waals surface area contributed by atoms with Gasteiger partial charge in [-0.05, 0) is 0 Å². The molecule has 4 atom stereocenters. The molecule has 9 heteroatoms. The lowest BCUT2D eigenvalue weighted by Crippen LogP contribution is -2.42. The molecular weight excluding hydrogens is 249 g/mol. The lowest BCUT2D eigenvalue weighted by Gasteiger charge is -2.17. The highest BCUT2D eigenvalue weighted by molar-refractivity contribution is 4.96. The fourth-order valence-corrected chi connectivity index (χ4v) is 1.80. The summed E-state index contributed by atoms with van der Waals surface area (Å²) < 4.78 is 18.9. The van der Waals surface area contributed by atoms with Crippen molar-refractivity contribution in [2.45, 2.75) is 24.5 Å². The van der Waals surface area contributed by atoms with Crippen LogP contribution >= 0.6 is 0 Å². The highest BCUT2D eigenvalue weighted by Crippen LogP contribution is 2.26. The summed E-state index contributed by atoms with van der Waals surface area (Å²) in [6.45, 7) is -0.449. The molecule has 0 radical (unpaired) electrons. The first-order valence-corrected chi connectivity index (χ1v) is 5.16. The molecule has 1 fully saturated rings. The molecule has 1 aromatic rings. The number of aliphatic hydroxyl groups excluding tert-OH is 2. The van der Waals surface area contributed by atoms with Crippen LogP contribution in [-0.2, 0) is 4.74 Å². The van der Waals surface area contributed by atoms with E-state index in [1.54, 1.807) is 4.98 Å². The predicted molar refractivity (Wildman–Crippen MR) is 56.3 cm³/mol. The van der Waals surface area contributed by atoms with Gasteiger partial charge in [-0.15, -0.1) is 0 Å². The number of nitrogens with one attached hydrogen (secondary N) is 1. The van der Waals surface area contributed by atoms with Crippen molar-refractivity contribution in [1.82, 2.24) is 9.55 Å². The summed E-state index contributed by atoms with van der Waals surface area (Å²) in [6.07, 6.45) is -2.80. The van der Waals surface area contributed by atoms with E-state index in [9.17, 15) is 19.1 Å². The smallest absolute Gasteiger partial charge is 0.330 e. The first kappa shape index (κ1) is 12.9. The molecule has 1 aromatic heterocycles. The van der Waals surface area contributed by atoms with Crippen molar-refractivity contribution < 1.29 is 19.3 Å². The molecule has 100 valence electrons. The van der Waals surface area contributed by atoms with Gasteiger partial charge in [-0.2, -0.15) is 4.39 Å². The molecule has 2 rings (SSSR count). The SMILES string of the molecule is N[C@H]1[C@@H](O)[C@H](n2cc(F)c(=O)[nH]c2=O)O[C@@H]1CO. The molecular formula is C9H12FN3O5. The summed E-state index contributed by atoms with van der Waals surface area (Å²) in [5.41, 5.74) is 3.47. The number of aromatic amines is 1. The number of aliphatic hydroxyl groups is 2. The van der Waals surface area contributed by atoms with E-state index >= 15 is 0 Å². The summed E-state index contributed by atoms with van der Waals surface area (Å²) in [4.78, 5) is 24.1. The number of nitrogens with zero attached hydrogens (tertiary/aromatic N) is 1. The van der Waals surface area contributed by atoms with Gasteiger partial charge in [0.05, 0.1) is 18.8 Å². The Hall–Kier alpha value is -1.55. The Morgan fingerprint density at radius 1 is 1.56 bits per heavy atom. The van der Waals surface area contributed by atoms with Crippen LogP contribution < -0.4 is 17.0 Å². The van der Waals surface area contributed by atoms with Gasteiger partial charge in [-0.1, -0.05) is 0 Å². The van der Waals surface area contributed by atoms with Crippen LogP contribution in [0.5, 0.6) is 0 Å². The van der Waals surface area contributed by atoms with Gasteiger partial charge in [-0.25, -0.2) is 4.79 Å². The van der Waals surface area contributed by atoms with Crippen LogP contribution in [0.1, 0.15) is 6.23 Å². The van der Waals surface area contributed by atoms with Crippen molar-refractivity contribution in [3.8, 4) is 0 Å². The van der Waals surface area contributed by atoms with Crippen molar-refractivity contribution in [2.24, 2.45) is 5.73 Å². The number of H-pyrrole nitrogens is 1. The van der Waals surface area contributed by atoms with E-state index in [0.717, 1.165) is 0 Å². The molecule has 0 bridgehead atoms. The average Bonchev–Trinajstić information content (AvgIpc) is 2.61. The van der Waals surface area contributed by atoms with Gasteiger partial charge in [0.1, 0.15) is 12.2 Å². The Kier molecular flexibility index (Phi) is 3.30. The van der Waals surface area contributed by atoms with Crippen molar-refractivity contribution in [2.75, 3.05) is 6.61 Å². The fourth-order valence-electron chi connectivity index (χ4n) is 1.80. The van der Waals surface area contributed by atoms with Crippen molar-refractivity contribution in [1.29, 1.82) is 0 Å². The van der Waals surface area contributed by atoms with Crippen LogP contribution in [0.2, 0.25) is 0 Å². The van der Waals surface area contributed by atoms with Crippen LogP contribution in [0.15, 0.2) is 15.8 Å². The van der Waals surface area contributed by atoms with E-state index in [1.165, 1.54) is 0 Å². The quantitative estimate of drug-likeness (QED) is 0.456. The minimum Gasteiger partial charge on any atom is -0.394 e. The average molecular weight is 261 g/mol. The minimum absolute atomic E-state index is 0.449. The zero-order valence-corrected chi connectivity index (χ0v) is 9.12. The zero-order valence-electron chi connectivity index (χ0n) is 9.12. The van der Waals surface area contributed by atoms with Crippen LogP contribution in [-0.4, -0.2) is 44.6 Å². The minimum atomic E-state index is -1.30. The number of hydrogen-bond acceptors (Lipinski definition) is 6. The maximum atomic E-state index is 13.1. The highest BCUT2D eigenvalue weighted by atomic mass is 19.1. The highest BCUT2D eigenvalue weighted by Gasteiger charge is 2.42. The van der Waals surface area contributed by atoms with Gasteiger partial charge in [0.15, 0.2) is 6.23 Å².